The van der Waals surface area contributed by atoms with Crippen molar-refractivity contribution in [3.8, 4) is 11.5 Å². The summed E-state index contributed by atoms with van der Waals surface area (Å²) in [7, 11) is 0. The maximum absolute atomic E-state index is 13.1. The van der Waals surface area contributed by atoms with Crippen molar-refractivity contribution in [1.29, 1.82) is 0 Å². The van der Waals surface area contributed by atoms with Gasteiger partial charge in [0.1, 0.15) is 22.8 Å². The van der Waals surface area contributed by atoms with Gasteiger partial charge in [0.15, 0.2) is 5.82 Å². The van der Waals surface area contributed by atoms with Gasteiger partial charge in [-0.25, -0.2) is 33.5 Å². The van der Waals surface area contributed by atoms with Crippen LogP contribution in [0.15, 0.2) is 18.5 Å². The van der Waals surface area contributed by atoms with E-state index in [9.17, 15) is 13.6 Å². The fraction of sp³-hybridized carbons (Fsp3) is 0.308. The first kappa shape index (κ1) is 14.9. The minimum atomic E-state index is -2.92. The first-order valence-electron chi connectivity index (χ1n) is 6.15. The first-order valence-corrected chi connectivity index (χ1v) is 6.15. The Morgan fingerprint density at radius 2 is 2.10 bits per heavy atom. The quantitative estimate of drug-likeness (QED) is 0.805. The van der Waals surface area contributed by atoms with Crippen molar-refractivity contribution >= 4 is 5.97 Å². The van der Waals surface area contributed by atoms with Crippen LogP contribution in [0.1, 0.15) is 35.2 Å². The summed E-state index contributed by atoms with van der Waals surface area (Å²) in [6.45, 7) is 3.32. The molecule has 2 heterocycles. The molecule has 110 valence electrons. The minimum Gasteiger partial charge on any atom is -0.462 e. The summed E-state index contributed by atoms with van der Waals surface area (Å²) in [5.41, 5.74) is -0.712. The molecule has 0 amide bonds. The van der Waals surface area contributed by atoms with Crippen molar-refractivity contribution in [2.45, 2.75) is 20.3 Å². The number of hydrogen-bond donors (Lipinski definition) is 0. The van der Waals surface area contributed by atoms with Crippen molar-refractivity contribution in [1.82, 2.24) is 19.9 Å². The molecule has 0 aliphatic rings. The third-order valence-corrected chi connectivity index (χ3v) is 2.53. The predicted molar refractivity (Wildman–Crippen MR) is 68.7 cm³/mol. The molecule has 6 nitrogen and oxygen atoms in total. The molecule has 0 fully saturated rings. The molecule has 0 aromatic carbocycles. The molecular formula is C13H12F2N4O2. The van der Waals surface area contributed by atoms with Crippen molar-refractivity contribution in [3.63, 3.8) is 0 Å². The third-order valence-electron chi connectivity index (χ3n) is 2.53. The van der Waals surface area contributed by atoms with Crippen LogP contribution < -0.4 is 0 Å². The normalized spacial score (nSPS) is 10.7. The van der Waals surface area contributed by atoms with Gasteiger partial charge in [-0.3, -0.25) is 0 Å². The Hall–Kier alpha value is -2.51. The second-order valence-electron chi connectivity index (χ2n) is 4.00. The molecule has 0 unspecified atom stereocenters. The number of hydrogen-bond acceptors (Lipinski definition) is 6. The van der Waals surface area contributed by atoms with Gasteiger partial charge in [-0.15, -0.1) is 0 Å². The van der Waals surface area contributed by atoms with E-state index in [-0.39, 0.29) is 18.0 Å². The summed E-state index contributed by atoms with van der Waals surface area (Å²) in [5, 5.41) is 0. The van der Waals surface area contributed by atoms with Gasteiger partial charge in [-0.05, 0) is 19.9 Å². The number of halogens is 2. The number of aryl methyl sites for hydroxylation is 1. The molecule has 0 aliphatic heterocycles. The van der Waals surface area contributed by atoms with Crippen molar-refractivity contribution in [2.75, 3.05) is 6.61 Å². The molecule has 0 aliphatic carbocycles. The SMILES string of the molecule is CCOC(=O)c1cnc(-c2ccnc(C)n2)nc1C(F)F. The van der Waals surface area contributed by atoms with Gasteiger partial charge in [-0.1, -0.05) is 0 Å². The summed E-state index contributed by atoms with van der Waals surface area (Å²) in [6, 6.07) is 1.50. The van der Waals surface area contributed by atoms with Crippen LogP contribution in [0.2, 0.25) is 0 Å². The fourth-order valence-corrected chi connectivity index (χ4v) is 1.63. The molecular weight excluding hydrogens is 282 g/mol. The van der Waals surface area contributed by atoms with Crippen LogP contribution in [0.5, 0.6) is 0 Å². The van der Waals surface area contributed by atoms with Gasteiger partial charge in [0.25, 0.3) is 6.43 Å². The highest BCUT2D eigenvalue weighted by atomic mass is 19.3. The van der Waals surface area contributed by atoms with Gasteiger partial charge in [0.05, 0.1) is 6.61 Å². The zero-order valence-electron chi connectivity index (χ0n) is 11.4. The van der Waals surface area contributed by atoms with Crippen LogP contribution in [-0.4, -0.2) is 32.5 Å². The molecule has 0 N–H and O–H groups in total. The molecule has 2 aromatic heterocycles. The average Bonchev–Trinajstić information content (AvgIpc) is 2.46. The maximum Gasteiger partial charge on any atom is 0.341 e. The van der Waals surface area contributed by atoms with Crippen molar-refractivity contribution < 1.29 is 18.3 Å². The minimum absolute atomic E-state index is 0.00356. The van der Waals surface area contributed by atoms with E-state index in [0.29, 0.717) is 11.5 Å². The summed E-state index contributed by atoms with van der Waals surface area (Å²) in [5.74, 6) is -0.411. The Labute approximate surface area is 119 Å². The molecule has 8 heteroatoms. The lowest BCUT2D eigenvalue weighted by molar-refractivity contribution is 0.0513. The Kier molecular flexibility index (Phi) is 4.46. The number of aromatic nitrogens is 4. The van der Waals surface area contributed by atoms with Gasteiger partial charge < -0.3 is 4.74 Å². The van der Waals surface area contributed by atoms with Crippen molar-refractivity contribution in [3.05, 3.63) is 35.5 Å². The van der Waals surface area contributed by atoms with E-state index in [1.165, 1.54) is 12.3 Å². The van der Waals surface area contributed by atoms with Crippen LogP contribution >= 0.6 is 0 Å². The van der Waals surface area contributed by atoms with E-state index in [4.69, 9.17) is 4.74 Å². The second-order valence-corrected chi connectivity index (χ2v) is 4.00. The van der Waals surface area contributed by atoms with Gasteiger partial charge in [-0.2, -0.15) is 0 Å². The maximum atomic E-state index is 13.1. The molecule has 2 rings (SSSR count). The topological polar surface area (TPSA) is 77.9 Å². The van der Waals surface area contributed by atoms with Crippen LogP contribution in [0, 0.1) is 6.92 Å². The zero-order valence-corrected chi connectivity index (χ0v) is 11.4. The molecule has 21 heavy (non-hydrogen) atoms. The first-order chi connectivity index (χ1) is 10.0. The van der Waals surface area contributed by atoms with Crippen LogP contribution in [0.4, 0.5) is 8.78 Å². The monoisotopic (exact) mass is 294 g/mol. The third kappa shape index (κ3) is 3.33. The highest BCUT2D eigenvalue weighted by Crippen LogP contribution is 2.23. The zero-order chi connectivity index (χ0) is 15.4. The van der Waals surface area contributed by atoms with E-state index in [0.717, 1.165) is 6.20 Å². The number of carbonyl (C=O) groups is 1. The van der Waals surface area contributed by atoms with E-state index >= 15 is 0 Å². The van der Waals surface area contributed by atoms with Crippen LogP contribution in [-0.2, 0) is 4.74 Å². The molecule has 0 saturated carbocycles. The Morgan fingerprint density at radius 3 is 2.71 bits per heavy atom. The smallest absolute Gasteiger partial charge is 0.341 e. The van der Waals surface area contributed by atoms with Gasteiger partial charge in [0.2, 0.25) is 0 Å². The second kappa shape index (κ2) is 6.29. The van der Waals surface area contributed by atoms with E-state index in [1.54, 1.807) is 13.8 Å². The lowest BCUT2D eigenvalue weighted by Gasteiger charge is -2.08. The van der Waals surface area contributed by atoms with Crippen molar-refractivity contribution in [2.24, 2.45) is 0 Å². The molecule has 0 spiro atoms. The molecule has 2 aromatic rings. The number of alkyl halides is 2. The Morgan fingerprint density at radius 1 is 1.33 bits per heavy atom. The lowest BCUT2D eigenvalue weighted by atomic mass is 10.2. The van der Waals surface area contributed by atoms with E-state index in [2.05, 4.69) is 19.9 Å². The lowest BCUT2D eigenvalue weighted by Crippen LogP contribution is -2.12. The van der Waals surface area contributed by atoms with E-state index < -0.39 is 18.1 Å². The largest absolute Gasteiger partial charge is 0.462 e. The highest BCUT2D eigenvalue weighted by molar-refractivity contribution is 5.90. The number of ether oxygens (including phenoxy) is 1. The Bertz CT molecular complexity index is 664. The molecule has 0 atom stereocenters. The summed E-state index contributed by atoms with van der Waals surface area (Å²) < 4.78 is 30.9. The summed E-state index contributed by atoms with van der Waals surface area (Å²) in [6.07, 6.45) is -0.421. The Balaban J connectivity index is 2.48. The van der Waals surface area contributed by atoms with Crippen LogP contribution in [0.25, 0.3) is 11.5 Å². The highest BCUT2D eigenvalue weighted by Gasteiger charge is 2.23. The standard InChI is InChI=1S/C13H12F2N4O2/c1-3-21-13(20)8-6-17-12(19-10(8)11(14)15)9-4-5-16-7(2)18-9/h4-6,11H,3H2,1-2H3. The average molecular weight is 294 g/mol. The number of esters is 1. The summed E-state index contributed by atoms with van der Waals surface area (Å²) >= 11 is 0. The van der Waals surface area contributed by atoms with Gasteiger partial charge >= 0.3 is 5.97 Å². The number of carbonyl (C=O) groups excluding carboxylic acids is 1. The molecule has 0 bridgehead atoms. The van der Waals surface area contributed by atoms with Gasteiger partial charge in [0, 0.05) is 12.4 Å². The molecule has 0 saturated heterocycles. The number of rotatable bonds is 4. The number of nitrogens with zero attached hydrogens (tertiary/aromatic N) is 4. The fourth-order valence-electron chi connectivity index (χ4n) is 1.63. The summed E-state index contributed by atoms with van der Waals surface area (Å²) in [4.78, 5) is 27.2. The van der Waals surface area contributed by atoms with Crippen LogP contribution in [0.3, 0.4) is 0 Å². The van der Waals surface area contributed by atoms with E-state index in [1.807, 2.05) is 0 Å². The predicted octanol–water partition coefficient (Wildman–Crippen LogP) is 2.36. The molecule has 0 radical (unpaired) electrons.